The summed E-state index contributed by atoms with van der Waals surface area (Å²) in [4.78, 5) is 0. The van der Waals surface area contributed by atoms with E-state index in [0.717, 1.165) is 11.5 Å². The molecule has 2 aliphatic carbocycles. The first-order valence-electron chi connectivity index (χ1n) is 17.9. The van der Waals surface area contributed by atoms with Crippen LogP contribution in [0.15, 0.2) is 170 Å². The van der Waals surface area contributed by atoms with E-state index in [1.807, 2.05) is 6.07 Å². The second kappa shape index (κ2) is 10.2. The van der Waals surface area contributed by atoms with Crippen molar-refractivity contribution in [1.29, 1.82) is 0 Å². The van der Waals surface area contributed by atoms with Crippen molar-refractivity contribution in [3.8, 4) is 56.0 Å². The molecule has 8 aromatic carbocycles. The second-order valence-corrected chi connectivity index (χ2v) is 14.8. The average Bonchev–Trinajstić information content (AvgIpc) is 3.65. The van der Waals surface area contributed by atoms with Crippen molar-refractivity contribution < 1.29 is 4.74 Å². The minimum atomic E-state index is -0.398. The Morgan fingerprint density at radius 3 is 1.63 bits per heavy atom. The smallest absolute Gasteiger partial charge is 0.131 e. The Morgan fingerprint density at radius 1 is 0.373 bits per heavy atom. The Balaban J connectivity index is 1.06. The van der Waals surface area contributed by atoms with Crippen molar-refractivity contribution in [3.05, 3.63) is 203 Å². The summed E-state index contributed by atoms with van der Waals surface area (Å²) in [5.74, 6) is 1.89. The number of para-hydroxylation sites is 1. The van der Waals surface area contributed by atoms with Gasteiger partial charge in [-0.3, -0.25) is 0 Å². The predicted octanol–water partition coefficient (Wildman–Crippen LogP) is 12.9. The third-order valence-electron chi connectivity index (χ3n) is 12.0. The van der Waals surface area contributed by atoms with E-state index < -0.39 is 5.41 Å². The van der Waals surface area contributed by atoms with Gasteiger partial charge in [-0.2, -0.15) is 0 Å². The van der Waals surface area contributed by atoms with Gasteiger partial charge in [0.05, 0.1) is 5.41 Å². The van der Waals surface area contributed by atoms with Crippen molar-refractivity contribution >= 4 is 10.8 Å². The molecule has 0 saturated carbocycles. The van der Waals surface area contributed by atoms with Crippen LogP contribution in [0.5, 0.6) is 11.5 Å². The van der Waals surface area contributed by atoms with Crippen LogP contribution in [0.2, 0.25) is 0 Å². The lowest BCUT2D eigenvalue weighted by molar-refractivity contribution is 0.418. The summed E-state index contributed by atoms with van der Waals surface area (Å²) in [5, 5.41) is 2.60. The molecule has 11 rings (SSSR count). The molecule has 240 valence electrons. The minimum Gasteiger partial charge on any atom is -0.457 e. The molecular formula is C50H34O. The van der Waals surface area contributed by atoms with E-state index in [1.54, 1.807) is 0 Å². The Kier molecular flexibility index (Phi) is 5.72. The zero-order valence-electron chi connectivity index (χ0n) is 28.6. The molecule has 0 aromatic heterocycles. The molecule has 1 heteroatoms. The van der Waals surface area contributed by atoms with Crippen LogP contribution in [0.25, 0.3) is 55.3 Å². The average molecular weight is 651 g/mol. The highest BCUT2D eigenvalue weighted by atomic mass is 16.5. The first kappa shape index (κ1) is 28.6. The number of hydrogen-bond acceptors (Lipinski definition) is 1. The van der Waals surface area contributed by atoms with Gasteiger partial charge in [0, 0.05) is 16.5 Å². The van der Waals surface area contributed by atoms with Crippen LogP contribution in [0.4, 0.5) is 0 Å². The number of hydrogen-bond donors (Lipinski definition) is 0. The van der Waals surface area contributed by atoms with Crippen LogP contribution in [0.1, 0.15) is 47.2 Å². The maximum atomic E-state index is 6.35. The molecule has 0 saturated heterocycles. The predicted molar refractivity (Wildman–Crippen MR) is 210 cm³/mol. The van der Waals surface area contributed by atoms with E-state index in [4.69, 9.17) is 4.74 Å². The van der Waals surface area contributed by atoms with Crippen molar-refractivity contribution in [2.24, 2.45) is 0 Å². The van der Waals surface area contributed by atoms with E-state index in [2.05, 4.69) is 178 Å². The molecule has 0 bridgehead atoms. The van der Waals surface area contributed by atoms with Gasteiger partial charge in [0.15, 0.2) is 0 Å². The zero-order valence-corrected chi connectivity index (χ0v) is 28.6. The molecule has 3 aliphatic rings. The van der Waals surface area contributed by atoms with Crippen LogP contribution in [-0.4, -0.2) is 0 Å². The van der Waals surface area contributed by atoms with Gasteiger partial charge in [-0.05, 0) is 102 Å². The van der Waals surface area contributed by atoms with Gasteiger partial charge in [0.2, 0.25) is 0 Å². The molecule has 0 fully saturated rings. The summed E-state index contributed by atoms with van der Waals surface area (Å²) < 4.78 is 6.35. The zero-order chi connectivity index (χ0) is 33.9. The molecule has 0 N–H and O–H groups in total. The van der Waals surface area contributed by atoms with Gasteiger partial charge in [-0.25, -0.2) is 0 Å². The first-order valence-corrected chi connectivity index (χ1v) is 17.9. The van der Waals surface area contributed by atoms with Crippen LogP contribution in [-0.2, 0) is 10.8 Å². The Bertz CT molecular complexity index is 2730. The second-order valence-electron chi connectivity index (χ2n) is 14.8. The van der Waals surface area contributed by atoms with E-state index in [9.17, 15) is 0 Å². The highest BCUT2D eigenvalue weighted by molar-refractivity contribution is 6.04. The maximum absolute atomic E-state index is 6.35. The summed E-state index contributed by atoms with van der Waals surface area (Å²) in [7, 11) is 0. The minimum absolute atomic E-state index is 0.152. The van der Waals surface area contributed by atoms with Crippen molar-refractivity contribution in [3.63, 3.8) is 0 Å². The largest absolute Gasteiger partial charge is 0.457 e. The third kappa shape index (κ3) is 3.76. The molecule has 0 amide bonds. The number of ether oxygens (including phenoxy) is 1. The van der Waals surface area contributed by atoms with Gasteiger partial charge in [0.1, 0.15) is 11.5 Å². The van der Waals surface area contributed by atoms with E-state index in [1.165, 1.54) is 88.7 Å². The molecule has 0 radical (unpaired) electrons. The molecule has 1 unspecified atom stereocenters. The molecule has 1 atom stereocenters. The first-order chi connectivity index (χ1) is 25.0. The number of rotatable bonds is 2. The summed E-state index contributed by atoms with van der Waals surface area (Å²) in [6.45, 7) is 4.59. The lowest BCUT2D eigenvalue weighted by Crippen LogP contribution is -2.26. The van der Waals surface area contributed by atoms with Gasteiger partial charge in [0.25, 0.3) is 0 Å². The van der Waals surface area contributed by atoms with E-state index in [0.29, 0.717) is 0 Å². The standard InChI is InChI=1S/C50H34O/c1-49(2)43-17-9-10-18-46(43)51-47-28-25-35(30-45(47)49)32-21-19-31(20-22-32)34-24-26-39-37-13-5-7-15-41(37)50(44(39)29-34)42-16-8-6-14-38(42)40-27-23-33-11-3-4-12-36(33)48(40)50/h3-30H,1-2H3. The summed E-state index contributed by atoms with van der Waals surface area (Å²) in [5.41, 5.74) is 17.6. The van der Waals surface area contributed by atoms with Gasteiger partial charge in [-0.15, -0.1) is 0 Å². The monoisotopic (exact) mass is 650 g/mol. The molecule has 1 aliphatic heterocycles. The van der Waals surface area contributed by atoms with Crippen molar-refractivity contribution in [2.45, 2.75) is 24.7 Å². The van der Waals surface area contributed by atoms with Crippen LogP contribution < -0.4 is 4.74 Å². The lowest BCUT2D eigenvalue weighted by atomic mass is 9.69. The molecule has 1 nitrogen and oxygen atoms in total. The number of benzene rings is 8. The lowest BCUT2D eigenvalue weighted by Gasteiger charge is -2.34. The molecule has 1 spiro atoms. The molecular weight excluding hydrogens is 617 g/mol. The quantitative estimate of drug-likeness (QED) is 0.181. The highest BCUT2D eigenvalue weighted by Crippen LogP contribution is 2.64. The number of fused-ring (bicyclic) bond motifs is 14. The Hall–Kier alpha value is -6.18. The van der Waals surface area contributed by atoms with E-state index >= 15 is 0 Å². The van der Waals surface area contributed by atoms with Crippen molar-refractivity contribution in [2.75, 3.05) is 0 Å². The summed E-state index contributed by atoms with van der Waals surface area (Å²) >= 11 is 0. The fraction of sp³-hybridized carbons (Fsp3) is 0.0800. The van der Waals surface area contributed by atoms with Gasteiger partial charge < -0.3 is 4.74 Å². The molecule has 51 heavy (non-hydrogen) atoms. The Labute approximate surface area is 298 Å². The van der Waals surface area contributed by atoms with Crippen molar-refractivity contribution in [1.82, 2.24) is 0 Å². The molecule has 1 heterocycles. The fourth-order valence-electron chi connectivity index (χ4n) is 9.58. The van der Waals surface area contributed by atoms with Crippen LogP contribution in [0.3, 0.4) is 0 Å². The topological polar surface area (TPSA) is 9.23 Å². The Morgan fingerprint density at radius 2 is 0.882 bits per heavy atom. The SMILES string of the molecule is CC1(C)c2ccccc2Oc2ccc(-c3ccc(-c4ccc5c(c4)C4(c6ccccc6-5)c5ccccc5-c5ccc6ccccc6c54)cc3)cc21. The molecule has 8 aromatic rings. The van der Waals surface area contributed by atoms with Crippen LogP contribution in [0, 0.1) is 0 Å². The highest BCUT2D eigenvalue weighted by Gasteiger charge is 2.52. The van der Waals surface area contributed by atoms with E-state index in [-0.39, 0.29) is 5.41 Å². The fourth-order valence-corrected chi connectivity index (χ4v) is 9.58. The normalized spacial score (nSPS) is 16.8. The maximum Gasteiger partial charge on any atom is 0.131 e. The van der Waals surface area contributed by atoms with Gasteiger partial charge >= 0.3 is 0 Å². The summed E-state index contributed by atoms with van der Waals surface area (Å²) in [6, 6.07) is 63.0. The third-order valence-corrected chi connectivity index (χ3v) is 12.0. The summed E-state index contributed by atoms with van der Waals surface area (Å²) in [6.07, 6.45) is 0. The van der Waals surface area contributed by atoms with Gasteiger partial charge in [-0.1, -0.05) is 159 Å². The van der Waals surface area contributed by atoms with Crippen LogP contribution >= 0.6 is 0 Å².